The van der Waals surface area contributed by atoms with Crippen LogP contribution in [0.1, 0.15) is 39.5 Å². The zero-order chi connectivity index (χ0) is 20.9. The third-order valence-corrected chi connectivity index (χ3v) is 5.78. The SMILES string of the molecule is Cc1ccc(CNC(=O)c2cccc(-c3ncc(C)s3)c2OC[C@@H]2CCCO2)nn1. The molecule has 1 N–H and O–H groups in total. The molecule has 3 aromatic rings. The van der Waals surface area contributed by atoms with Crippen LogP contribution in [0.3, 0.4) is 0 Å². The van der Waals surface area contributed by atoms with Gasteiger partial charge in [-0.15, -0.1) is 11.3 Å². The van der Waals surface area contributed by atoms with Crippen molar-refractivity contribution in [2.75, 3.05) is 13.2 Å². The van der Waals surface area contributed by atoms with E-state index < -0.39 is 0 Å². The third kappa shape index (κ3) is 4.83. The molecule has 3 heterocycles. The minimum absolute atomic E-state index is 0.0508. The smallest absolute Gasteiger partial charge is 0.255 e. The summed E-state index contributed by atoms with van der Waals surface area (Å²) in [7, 11) is 0. The summed E-state index contributed by atoms with van der Waals surface area (Å²) < 4.78 is 11.8. The molecule has 8 heteroatoms. The van der Waals surface area contributed by atoms with Crippen molar-refractivity contribution in [2.24, 2.45) is 0 Å². The summed E-state index contributed by atoms with van der Waals surface area (Å²) in [5, 5.41) is 11.9. The van der Waals surface area contributed by atoms with Crippen molar-refractivity contribution in [2.45, 2.75) is 39.3 Å². The Hall–Kier alpha value is -2.84. The lowest BCUT2D eigenvalue weighted by atomic mass is 10.1. The Labute approximate surface area is 179 Å². The molecule has 30 heavy (non-hydrogen) atoms. The number of hydrogen-bond donors (Lipinski definition) is 1. The van der Waals surface area contributed by atoms with Gasteiger partial charge in [-0.3, -0.25) is 4.79 Å². The fourth-order valence-electron chi connectivity index (χ4n) is 3.26. The Bertz CT molecular complexity index is 1010. The van der Waals surface area contributed by atoms with E-state index in [0.717, 1.165) is 40.6 Å². The number of nitrogens with one attached hydrogen (secondary N) is 1. The molecule has 1 saturated heterocycles. The number of rotatable bonds is 7. The lowest BCUT2D eigenvalue weighted by molar-refractivity contribution is 0.0672. The molecular weight excluding hydrogens is 400 g/mol. The molecule has 4 rings (SSSR count). The van der Waals surface area contributed by atoms with E-state index in [4.69, 9.17) is 9.47 Å². The lowest BCUT2D eigenvalue weighted by Gasteiger charge is -2.17. The Kier molecular flexibility index (Phi) is 6.35. The lowest BCUT2D eigenvalue weighted by Crippen LogP contribution is -2.25. The predicted molar refractivity (Wildman–Crippen MR) is 115 cm³/mol. The third-order valence-electron chi connectivity index (χ3n) is 4.83. The second-order valence-electron chi connectivity index (χ2n) is 7.25. The largest absolute Gasteiger partial charge is 0.489 e. The normalized spacial score (nSPS) is 15.9. The predicted octanol–water partition coefficient (Wildman–Crippen LogP) is 3.70. The molecule has 0 spiro atoms. The fraction of sp³-hybridized carbons (Fsp3) is 0.364. The van der Waals surface area contributed by atoms with Crippen molar-refractivity contribution < 1.29 is 14.3 Å². The van der Waals surface area contributed by atoms with Crippen LogP contribution in [0.4, 0.5) is 0 Å². The second kappa shape index (κ2) is 9.32. The van der Waals surface area contributed by atoms with E-state index in [1.54, 1.807) is 17.4 Å². The highest BCUT2D eigenvalue weighted by Gasteiger charge is 2.22. The number of thiazole rings is 1. The molecule has 0 radical (unpaired) electrons. The van der Waals surface area contributed by atoms with Gasteiger partial charge in [0.25, 0.3) is 5.91 Å². The van der Waals surface area contributed by atoms with Gasteiger partial charge in [0.2, 0.25) is 0 Å². The summed E-state index contributed by atoms with van der Waals surface area (Å²) in [6, 6.07) is 9.28. The maximum absolute atomic E-state index is 13.0. The number of nitrogens with zero attached hydrogens (tertiary/aromatic N) is 3. The van der Waals surface area contributed by atoms with Crippen molar-refractivity contribution in [1.82, 2.24) is 20.5 Å². The molecule has 1 atom stereocenters. The van der Waals surface area contributed by atoms with Crippen LogP contribution in [-0.4, -0.2) is 40.4 Å². The molecule has 1 aliphatic rings. The van der Waals surface area contributed by atoms with E-state index in [1.807, 2.05) is 44.3 Å². The summed E-state index contributed by atoms with van der Waals surface area (Å²) in [6.45, 7) is 5.33. The van der Waals surface area contributed by atoms with E-state index in [0.29, 0.717) is 23.6 Å². The van der Waals surface area contributed by atoms with Crippen LogP contribution in [0.5, 0.6) is 5.75 Å². The molecular formula is C22H24N4O3S. The first kappa shape index (κ1) is 20.4. The summed E-state index contributed by atoms with van der Waals surface area (Å²) in [6.07, 6.45) is 3.88. The van der Waals surface area contributed by atoms with Gasteiger partial charge < -0.3 is 14.8 Å². The maximum atomic E-state index is 13.0. The van der Waals surface area contributed by atoms with E-state index >= 15 is 0 Å². The Morgan fingerprint density at radius 3 is 2.87 bits per heavy atom. The van der Waals surface area contributed by atoms with E-state index in [2.05, 4.69) is 20.5 Å². The first-order valence-corrected chi connectivity index (χ1v) is 10.8. The van der Waals surface area contributed by atoms with Crippen LogP contribution in [0.15, 0.2) is 36.5 Å². The van der Waals surface area contributed by atoms with Crippen LogP contribution >= 0.6 is 11.3 Å². The van der Waals surface area contributed by atoms with Gasteiger partial charge in [0.15, 0.2) is 0 Å². The van der Waals surface area contributed by atoms with E-state index in [9.17, 15) is 4.79 Å². The number of benzene rings is 1. The molecule has 1 amide bonds. The zero-order valence-electron chi connectivity index (χ0n) is 17.1. The zero-order valence-corrected chi connectivity index (χ0v) is 17.9. The standard InChI is InChI=1S/C22H24N4O3S/c1-14-8-9-16(26-25-14)12-23-21(27)18-6-3-7-19(22-24-11-15(2)30-22)20(18)29-13-17-5-4-10-28-17/h3,6-9,11,17H,4-5,10,12-13H2,1-2H3,(H,23,27)/t17-/m0/s1. The minimum atomic E-state index is -0.227. The number of aromatic nitrogens is 3. The first-order valence-electron chi connectivity index (χ1n) is 9.98. The Morgan fingerprint density at radius 2 is 2.17 bits per heavy atom. The van der Waals surface area contributed by atoms with Crippen molar-refractivity contribution >= 4 is 17.2 Å². The molecule has 1 aliphatic heterocycles. The van der Waals surface area contributed by atoms with E-state index in [-0.39, 0.29) is 18.6 Å². The van der Waals surface area contributed by atoms with E-state index in [1.165, 1.54) is 0 Å². The number of amides is 1. The Morgan fingerprint density at radius 1 is 1.27 bits per heavy atom. The second-order valence-corrected chi connectivity index (χ2v) is 8.49. The van der Waals surface area contributed by atoms with Crippen molar-refractivity contribution in [3.63, 3.8) is 0 Å². The first-order chi connectivity index (χ1) is 14.6. The van der Waals surface area contributed by atoms with Gasteiger partial charge in [0, 0.05) is 17.7 Å². The van der Waals surface area contributed by atoms with Crippen LogP contribution in [-0.2, 0) is 11.3 Å². The minimum Gasteiger partial charge on any atom is -0.489 e. The summed E-state index contributed by atoms with van der Waals surface area (Å²) in [5.41, 5.74) is 2.82. The van der Waals surface area contributed by atoms with Gasteiger partial charge in [0.05, 0.1) is 35.2 Å². The molecule has 156 valence electrons. The molecule has 1 aromatic carbocycles. The molecule has 1 fully saturated rings. The number of carbonyl (C=O) groups is 1. The molecule has 7 nitrogen and oxygen atoms in total. The average molecular weight is 425 g/mol. The van der Waals surface area contributed by atoms with Crippen molar-refractivity contribution in [3.05, 3.63) is 58.4 Å². The molecule has 2 aromatic heterocycles. The Balaban J connectivity index is 1.58. The number of para-hydroxylation sites is 1. The summed E-state index contributed by atoms with van der Waals surface area (Å²) in [4.78, 5) is 18.6. The fourth-order valence-corrected chi connectivity index (χ4v) is 4.04. The van der Waals surface area contributed by atoms with Crippen molar-refractivity contribution in [3.8, 4) is 16.3 Å². The van der Waals surface area contributed by atoms with Crippen LogP contribution in [0.25, 0.3) is 10.6 Å². The molecule has 0 unspecified atom stereocenters. The highest BCUT2D eigenvalue weighted by Crippen LogP contribution is 2.36. The molecule has 0 saturated carbocycles. The highest BCUT2D eigenvalue weighted by atomic mass is 32.1. The van der Waals surface area contributed by atoms with Gasteiger partial charge in [-0.05, 0) is 51.0 Å². The quantitative estimate of drug-likeness (QED) is 0.622. The summed E-state index contributed by atoms with van der Waals surface area (Å²) in [5.74, 6) is 0.310. The average Bonchev–Trinajstić information content (AvgIpc) is 3.43. The number of carbonyl (C=O) groups excluding carboxylic acids is 1. The van der Waals surface area contributed by atoms with Gasteiger partial charge in [-0.2, -0.15) is 10.2 Å². The molecule has 0 bridgehead atoms. The topological polar surface area (TPSA) is 86.2 Å². The maximum Gasteiger partial charge on any atom is 0.255 e. The van der Waals surface area contributed by atoms with Crippen LogP contribution in [0, 0.1) is 13.8 Å². The summed E-state index contributed by atoms with van der Waals surface area (Å²) >= 11 is 1.57. The number of ether oxygens (including phenoxy) is 2. The van der Waals surface area contributed by atoms with Crippen LogP contribution in [0.2, 0.25) is 0 Å². The highest BCUT2D eigenvalue weighted by molar-refractivity contribution is 7.15. The van der Waals surface area contributed by atoms with Gasteiger partial charge in [-0.1, -0.05) is 6.07 Å². The van der Waals surface area contributed by atoms with Gasteiger partial charge in [0.1, 0.15) is 17.4 Å². The van der Waals surface area contributed by atoms with Gasteiger partial charge in [-0.25, -0.2) is 4.98 Å². The monoisotopic (exact) mass is 424 g/mol. The van der Waals surface area contributed by atoms with Crippen molar-refractivity contribution in [1.29, 1.82) is 0 Å². The molecule has 0 aliphatic carbocycles. The number of aryl methyl sites for hydroxylation is 2. The van der Waals surface area contributed by atoms with Gasteiger partial charge >= 0.3 is 0 Å². The number of hydrogen-bond acceptors (Lipinski definition) is 7. The van der Waals surface area contributed by atoms with Crippen LogP contribution < -0.4 is 10.1 Å².